The number of aromatic nitrogens is 2. The van der Waals surface area contributed by atoms with Crippen LogP contribution in [0.4, 0.5) is 5.69 Å². The Balaban J connectivity index is 1.79. The Bertz CT molecular complexity index is 494. The van der Waals surface area contributed by atoms with E-state index in [9.17, 15) is 4.79 Å². The topological polar surface area (TPSA) is 57.8 Å². The van der Waals surface area contributed by atoms with Crippen molar-refractivity contribution >= 4 is 22.9 Å². The SMILES string of the molecule is O=C(Nc1cn[nH]c1)c1cc2c(s1)CCC2. The van der Waals surface area contributed by atoms with Crippen LogP contribution < -0.4 is 5.32 Å². The first kappa shape index (κ1) is 9.59. The maximum atomic E-state index is 11.9. The molecule has 16 heavy (non-hydrogen) atoms. The molecule has 0 bridgehead atoms. The largest absolute Gasteiger partial charge is 0.319 e. The van der Waals surface area contributed by atoms with E-state index in [0.29, 0.717) is 5.69 Å². The van der Waals surface area contributed by atoms with Gasteiger partial charge in [-0.1, -0.05) is 0 Å². The minimum Gasteiger partial charge on any atom is -0.319 e. The fourth-order valence-electron chi connectivity index (χ4n) is 1.95. The number of nitrogens with zero attached hydrogens (tertiary/aromatic N) is 1. The number of aromatic amines is 1. The minimum absolute atomic E-state index is 0.0409. The molecular weight excluding hydrogens is 222 g/mol. The van der Waals surface area contributed by atoms with E-state index in [4.69, 9.17) is 0 Å². The van der Waals surface area contributed by atoms with Crippen molar-refractivity contribution in [2.75, 3.05) is 5.32 Å². The van der Waals surface area contributed by atoms with Gasteiger partial charge in [0.15, 0.2) is 0 Å². The molecule has 0 aliphatic heterocycles. The van der Waals surface area contributed by atoms with Gasteiger partial charge in [0.2, 0.25) is 0 Å². The molecule has 0 saturated heterocycles. The number of carbonyl (C=O) groups is 1. The van der Waals surface area contributed by atoms with Crippen LogP contribution in [0.5, 0.6) is 0 Å². The summed E-state index contributed by atoms with van der Waals surface area (Å²) in [7, 11) is 0. The van der Waals surface area contributed by atoms with Crippen molar-refractivity contribution in [2.24, 2.45) is 0 Å². The molecule has 1 aliphatic rings. The van der Waals surface area contributed by atoms with E-state index in [2.05, 4.69) is 15.5 Å². The van der Waals surface area contributed by atoms with E-state index in [1.54, 1.807) is 23.7 Å². The second-order valence-electron chi connectivity index (χ2n) is 3.85. The van der Waals surface area contributed by atoms with Gasteiger partial charge in [-0.3, -0.25) is 9.89 Å². The third-order valence-corrected chi connectivity index (χ3v) is 3.96. The zero-order chi connectivity index (χ0) is 11.0. The summed E-state index contributed by atoms with van der Waals surface area (Å²) in [6.45, 7) is 0. The zero-order valence-corrected chi connectivity index (χ0v) is 9.43. The fraction of sp³-hybridized carbons (Fsp3) is 0.273. The molecule has 2 aromatic rings. The van der Waals surface area contributed by atoms with Crippen LogP contribution in [-0.4, -0.2) is 16.1 Å². The molecule has 2 N–H and O–H groups in total. The Kier molecular flexibility index (Phi) is 2.25. The van der Waals surface area contributed by atoms with E-state index in [1.165, 1.54) is 16.9 Å². The van der Waals surface area contributed by atoms with Gasteiger partial charge < -0.3 is 5.32 Å². The maximum absolute atomic E-state index is 11.9. The van der Waals surface area contributed by atoms with Crippen molar-refractivity contribution in [1.29, 1.82) is 0 Å². The van der Waals surface area contributed by atoms with Crippen LogP contribution in [-0.2, 0) is 12.8 Å². The van der Waals surface area contributed by atoms with Gasteiger partial charge in [0.25, 0.3) is 5.91 Å². The number of H-pyrrole nitrogens is 1. The minimum atomic E-state index is -0.0409. The highest BCUT2D eigenvalue weighted by molar-refractivity contribution is 7.14. The van der Waals surface area contributed by atoms with Crippen LogP contribution in [0.25, 0.3) is 0 Å². The van der Waals surface area contributed by atoms with E-state index >= 15 is 0 Å². The third-order valence-electron chi connectivity index (χ3n) is 2.73. The number of rotatable bonds is 2. The highest BCUT2D eigenvalue weighted by Gasteiger charge is 2.18. The number of carbonyl (C=O) groups excluding carboxylic acids is 1. The summed E-state index contributed by atoms with van der Waals surface area (Å²) in [5.74, 6) is -0.0409. The quantitative estimate of drug-likeness (QED) is 0.835. The van der Waals surface area contributed by atoms with E-state index in [-0.39, 0.29) is 5.91 Å². The number of aryl methyl sites for hydroxylation is 2. The number of hydrogen-bond acceptors (Lipinski definition) is 3. The lowest BCUT2D eigenvalue weighted by Gasteiger charge is -1.98. The van der Waals surface area contributed by atoms with Gasteiger partial charge >= 0.3 is 0 Å². The molecule has 2 heterocycles. The van der Waals surface area contributed by atoms with Crippen LogP contribution in [0.15, 0.2) is 18.5 Å². The first-order valence-corrected chi connectivity index (χ1v) is 6.06. The van der Waals surface area contributed by atoms with Gasteiger partial charge in [-0.15, -0.1) is 11.3 Å². The normalized spacial score (nSPS) is 13.8. The van der Waals surface area contributed by atoms with Crippen molar-refractivity contribution < 1.29 is 4.79 Å². The number of fused-ring (bicyclic) bond motifs is 1. The van der Waals surface area contributed by atoms with Gasteiger partial charge in [-0.2, -0.15) is 5.10 Å². The van der Waals surface area contributed by atoms with Crippen molar-refractivity contribution in [1.82, 2.24) is 10.2 Å². The molecular formula is C11H11N3OS. The van der Waals surface area contributed by atoms with E-state index < -0.39 is 0 Å². The lowest BCUT2D eigenvalue weighted by Crippen LogP contribution is -2.09. The lowest BCUT2D eigenvalue weighted by atomic mass is 10.2. The summed E-state index contributed by atoms with van der Waals surface area (Å²) < 4.78 is 0. The molecule has 2 aromatic heterocycles. The molecule has 5 heteroatoms. The van der Waals surface area contributed by atoms with Gasteiger partial charge in [0, 0.05) is 11.1 Å². The Labute approximate surface area is 96.7 Å². The molecule has 3 rings (SSSR count). The van der Waals surface area contributed by atoms with Gasteiger partial charge in [0.1, 0.15) is 0 Å². The van der Waals surface area contributed by atoms with E-state index in [0.717, 1.165) is 17.7 Å². The zero-order valence-electron chi connectivity index (χ0n) is 8.62. The third kappa shape index (κ3) is 1.63. The van der Waals surface area contributed by atoms with Crippen molar-refractivity contribution in [3.05, 3.63) is 33.8 Å². The number of amides is 1. The molecule has 4 nitrogen and oxygen atoms in total. The Morgan fingerprint density at radius 1 is 1.50 bits per heavy atom. The molecule has 1 amide bonds. The number of nitrogens with one attached hydrogen (secondary N) is 2. The van der Waals surface area contributed by atoms with Crippen molar-refractivity contribution in [3.63, 3.8) is 0 Å². The highest BCUT2D eigenvalue weighted by atomic mass is 32.1. The van der Waals surface area contributed by atoms with E-state index in [1.807, 2.05) is 6.07 Å². The van der Waals surface area contributed by atoms with Crippen molar-refractivity contribution in [2.45, 2.75) is 19.3 Å². The molecule has 82 valence electrons. The van der Waals surface area contributed by atoms with Gasteiger partial charge in [0.05, 0.1) is 16.8 Å². The summed E-state index contributed by atoms with van der Waals surface area (Å²) >= 11 is 1.61. The first-order valence-electron chi connectivity index (χ1n) is 5.24. The number of anilines is 1. The predicted molar refractivity (Wildman–Crippen MR) is 62.9 cm³/mol. The van der Waals surface area contributed by atoms with Crippen LogP contribution in [0.1, 0.15) is 26.5 Å². The Morgan fingerprint density at radius 3 is 3.19 bits per heavy atom. The molecule has 0 aromatic carbocycles. The maximum Gasteiger partial charge on any atom is 0.265 e. The molecule has 0 radical (unpaired) electrons. The number of thiophene rings is 1. The monoisotopic (exact) mass is 233 g/mol. The van der Waals surface area contributed by atoms with Crippen LogP contribution in [0.3, 0.4) is 0 Å². The van der Waals surface area contributed by atoms with Gasteiger partial charge in [-0.05, 0) is 30.9 Å². The second-order valence-corrected chi connectivity index (χ2v) is 4.99. The fourth-order valence-corrected chi connectivity index (χ4v) is 3.10. The highest BCUT2D eigenvalue weighted by Crippen LogP contribution is 2.30. The Hall–Kier alpha value is -1.62. The molecule has 0 atom stereocenters. The summed E-state index contributed by atoms with van der Waals surface area (Å²) in [5, 5.41) is 9.25. The average Bonchev–Trinajstić information content (AvgIpc) is 2.91. The molecule has 0 unspecified atom stereocenters. The summed E-state index contributed by atoms with van der Waals surface area (Å²) in [6.07, 6.45) is 6.73. The molecule has 0 saturated carbocycles. The van der Waals surface area contributed by atoms with Crippen LogP contribution in [0, 0.1) is 0 Å². The van der Waals surface area contributed by atoms with Crippen molar-refractivity contribution in [3.8, 4) is 0 Å². The second kappa shape index (κ2) is 3.75. The first-order chi connectivity index (χ1) is 7.83. The average molecular weight is 233 g/mol. The van der Waals surface area contributed by atoms with Crippen LogP contribution >= 0.6 is 11.3 Å². The molecule has 0 fully saturated rings. The molecule has 0 spiro atoms. The summed E-state index contributed by atoms with van der Waals surface area (Å²) in [4.78, 5) is 14.0. The Morgan fingerprint density at radius 2 is 2.44 bits per heavy atom. The predicted octanol–water partition coefficient (Wildman–Crippen LogP) is 2.21. The molecule has 1 aliphatic carbocycles. The summed E-state index contributed by atoms with van der Waals surface area (Å²) in [6, 6.07) is 2.02. The summed E-state index contributed by atoms with van der Waals surface area (Å²) in [5.41, 5.74) is 2.06. The number of hydrogen-bond donors (Lipinski definition) is 2. The standard InChI is InChI=1S/C11H11N3OS/c15-11(14-8-5-12-13-6-8)10-4-7-2-1-3-9(7)16-10/h4-6H,1-3H2,(H,12,13)(H,14,15). The lowest BCUT2D eigenvalue weighted by molar-refractivity contribution is 0.103. The van der Waals surface area contributed by atoms with Gasteiger partial charge in [-0.25, -0.2) is 0 Å². The smallest absolute Gasteiger partial charge is 0.265 e. The van der Waals surface area contributed by atoms with Crippen LogP contribution in [0.2, 0.25) is 0 Å².